The first-order valence-corrected chi connectivity index (χ1v) is 7.44. The maximum atomic E-state index is 11.5. The number of benzene rings is 1. The standard InChI is InChI=1S/C17H15N3O3/c1-23-14-7-6-13-11(3-2-8-18-13)16(14)20-15(10-4-5-10)12(9-19-20)17(21)22/h2-3,6-10H,4-5H2,1H3,(H,21,22). The van der Waals surface area contributed by atoms with E-state index in [4.69, 9.17) is 4.74 Å². The number of fused-ring (bicyclic) bond motifs is 1. The second kappa shape index (κ2) is 5.08. The highest BCUT2D eigenvalue weighted by Crippen LogP contribution is 2.44. The first kappa shape index (κ1) is 13.8. The van der Waals surface area contributed by atoms with Gasteiger partial charge in [-0.3, -0.25) is 4.98 Å². The van der Waals surface area contributed by atoms with Gasteiger partial charge in [0.15, 0.2) is 0 Å². The third-order valence-electron chi connectivity index (χ3n) is 4.15. The monoisotopic (exact) mass is 309 g/mol. The van der Waals surface area contributed by atoms with Crippen molar-refractivity contribution in [2.45, 2.75) is 18.8 Å². The zero-order chi connectivity index (χ0) is 16.0. The number of rotatable bonds is 4. The number of pyridine rings is 1. The molecule has 2 aromatic heterocycles. The van der Waals surface area contributed by atoms with Crippen molar-refractivity contribution in [1.82, 2.24) is 14.8 Å². The van der Waals surface area contributed by atoms with Gasteiger partial charge in [0.2, 0.25) is 0 Å². The number of aromatic carboxylic acids is 1. The van der Waals surface area contributed by atoms with Crippen LogP contribution in [0.5, 0.6) is 5.75 Å². The normalized spacial score (nSPS) is 14.1. The SMILES string of the molecule is COc1ccc2ncccc2c1-n1ncc(C(=O)O)c1C1CC1. The van der Waals surface area contributed by atoms with E-state index in [0.29, 0.717) is 5.75 Å². The molecule has 1 aliphatic carbocycles. The quantitative estimate of drug-likeness (QED) is 0.801. The lowest BCUT2D eigenvalue weighted by Gasteiger charge is -2.14. The van der Waals surface area contributed by atoms with Crippen LogP contribution in [0.4, 0.5) is 0 Å². The van der Waals surface area contributed by atoms with Crippen LogP contribution in [0, 0.1) is 0 Å². The first-order valence-electron chi connectivity index (χ1n) is 7.44. The number of nitrogens with zero attached hydrogens (tertiary/aromatic N) is 3. The Morgan fingerprint density at radius 1 is 1.35 bits per heavy atom. The minimum absolute atomic E-state index is 0.236. The Kier molecular flexibility index (Phi) is 3.04. The van der Waals surface area contributed by atoms with Gasteiger partial charge in [-0.15, -0.1) is 0 Å². The van der Waals surface area contributed by atoms with Crippen molar-refractivity contribution < 1.29 is 14.6 Å². The summed E-state index contributed by atoms with van der Waals surface area (Å²) in [6.07, 6.45) is 5.12. The second-order valence-electron chi connectivity index (χ2n) is 5.62. The smallest absolute Gasteiger partial charge is 0.339 e. The predicted octanol–water partition coefficient (Wildman–Crippen LogP) is 3.00. The maximum Gasteiger partial charge on any atom is 0.339 e. The molecular weight excluding hydrogens is 294 g/mol. The summed E-state index contributed by atoms with van der Waals surface area (Å²) in [4.78, 5) is 15.9. The zero-order valence-electron chi connectivity index (χ0n) is 12.6. The summed E-state index contributed by atoms with van der Waals surface area (Å²) in [5.41, 5.74) is 2.56. The Hall–Kier alpha value is -2.89. The lowest BCUT2D eigenvalue weighted by molar-refractivity contribution is 0.0695. The average Bonchev–Trinajstić information content (AvgIpc) is 3.32. The van der Waals surface area contributed by atoms with Gasteiger partial charge >= 0.3 is 5.97 Å². The lowest BCUT2D eigenvalue weighted by atomic mass is 10.1. The van der Waals surface area contributed by atoms with Gasteiger partial charge in [-0.05, 0) is 37.1 Å². The van der Waals surface area contributed by atoms with Gasteiger partial charge in [0.1, 0.15) is 17.0 Å². The van der Waals surface area contributed by atoms with E-state index in [1.54, 1.807) is 18.0 Å². The molecule has 0 amide bonds. The molecule has 0 saturated heterocycles. The summed E-state index contributed by atoms with van der Waals surface area (Å²) in [5.74, 6) is -0.0665. The Morgan fingerprint density at radius 2 is 2.17 bits per heavy atom. The highest BCUT2D eigenvalue weighted by Gasteiger charge is 2.33. The van der Waals surface area contributed by atoms with Crippen LogP contribution in [0.25, 0.3) is 16.6 Å². The van der Waals surface area contributed by atoms with Crippen molar-refractivity contribution in [1.29, 1.82) is 0 Å². The van der Waals surface area contributed by atoms with E-state index in [9.17, 15) is 9.90 Å². The number of methoxy groups -OCH3 is 1. The topological polar surface area (TPSA) is 77.2 Å². The second-order valence-corrected chi connectivity index (χ2v) is 5.62. The molecule has 0 bridgehead atoms. The van der Waals surface area contributed by atoms with E-state index in [2.05, 4.69) is 10.1 Å². The van der Waals surface area contributed by atoms with Crippen LogP contribution in [0.15, 0.2) is 36.7 Å². The van der Waals surface area contributed by atoms with Crippen molar-refractivity contribution in [3.05, 3.63) is 47.9 Å². The summed E-state index contributed by atoms with van der Waals surface area (Å²) < 4.78 is 7.21. The zero-order valence-corrected chi connectivity index (χ0v) is 12.6. The third kappa shape index (κ3) is 2.14. The van der Waals surface area contributed by atoms with Crippen LogP contribution in [0.1, 0.15) is 34.8 Å². The molecule has 3 aromatic rings. The van der Waals surface area contributed by atoms with Crippen LogP contribution >= 0.6 is 0 Å². The molecule has 0 radical (unpaired) electrons. The van der Waals surface area contributed by atoms with E-state index >= 15 is 0 Å². The average molecular weight is 309 g/mol. The Morgan fingerprint density at radius 3 is 2.87 bits per heavy atom. The van der Waals surface area contributed by atoms with Crippen LogP contribution in [0.3, 0.4) is 0 Å². The van der Waals surface area contributed by atoms with Gasteiger partial charge in [0, 0.05) is 17.5 Å². The number of aromatic nitrogens is 3. The number of hydrogen-bond donors (Lipinski definition) is 1. The van der Waals surface area contributed by atoms with Gasteiger partial charge in [0.05, 0.1) is 24.5 Å². The van der Waals surface area contributed by atoms with Crippen LogP contribution < -0.4 is 4.74 Å². The summed E-state index contributed by atoms with van der Waals surface area (Å²) >= 11 is 0. The van der Waals surface area contributed by atoms with Crippen molar-refractivity contribution in [3.63, 3.8) is 0 Å². The molecule has 0 unspecified atom stereocenters. The molecule has 1 saturated carbocycles. The molecule has 6 heteroatoms. The van der Waals surface area contributed by atoms with Crippen LogP contribution in [-0.2, 0) is 0 Å². The molecule has 0 aliphatic heterocycles. The summed E-state index contributed by atoms with van der Waals surface area (Å²) in [5, 5.41) is 14.7. The van der Waals surface area contributed by atoms with Gasteiger partial charge < -0.3 is 9.84 Å². The van der Waals surface area contributed by atoms with E-state index in [1.165, 1.54) is 6.20 Å². The Bertz CT molecular complexity index is 913. The number of ether oxygens (including phenoxy) is 1. The molecule has 1 aliphatic rings. The van der Waals surface area contributed by atoms with E-state index in [1.807, 2.05) is 24.3 Å². The summed E-state index contributed by atoms with van der Waals surface area (Å²) in [6, 6.07) is 7.52. The van der Waals surface area contributed by atoms with Gasteiger partial charge in [-0.1, -0.05) is 0 Å². The highest BCUT2D eigenvalue weighted by molar-refractivity contribution is 5.92. The first-order chi connectivity index (χ1) is 11.2. The van der Waals surface area contributed by atoms with Crippen molar-refractivity contribution in [2.75, 3.05) is 7.11 Å². The lowest BCUT2D eigenvalue weighted by Crippen LogP contribution is -2.07. The van der Waals surface area contributed by atoms with E-state index in [0.717, 1.165) is 35.1 Å². The summed E-state index contributed by atoms with van der Waals surface area (Å²) in [7, 11) is 1.60. The molecule has 2 heterocycles. The fourth-order valence-corrected chi connectivity index (χ4v) is 2.95. The Labute approximate surface area is 132 Å². The number of carboxylic acids is 1. The predicted molar refractivity (Wildman–Crippen MR) is 84.4 cm³/mol. The van der Waals surface area contributed by atoms with Gasteiger partial charge in [-0.2, -0.15) is 5.10 Å². The van der Waals surface area contributed by atoms with Crippen molar-refractivity contribution >= 4 is 16.9 Å². The number of carboxylic acid groups (broad SMARTS) is 1. The van der Waals surface area contributed by atoms with E-state index < -0.39 is 5.97 Å². The van der Waals surface area contributed by atoms with Crippen molar-refractivity contribution in [2.24, 2.45) is 0 Å². The molecule has 0 spiro atoms. The molecule has 6 nitrogen and oxygen atoms in total. The minimum atomic E-state index is -0.949. The molecule has 4 rings (SSSR count). The van der Waals surface area contributed by atoms with Gasteiger partial charge in [0.25, 0.3) is 0 Å². The van der Waals surface area contributed by atoms with Crippen molar-refractivity contribution in [3.8, 4) is 11.4 Å². The molecule has 1 aromatic carbocycles. The van der Waals surface area contributed by atoms with Crippen LogP contribution in [0.2, 0.25) is 0 Å². The highest BCUT2D eigenvalue weighted by atomic mass is 16.5. The number of hydrogen-bond acceptors (Lipinski definition) is 4. The third-order valence-corrected chi connectivity index (χ3v) is 4.15. The fraction of sp³-hybridized carbons (Fsp3) is 0.235. The molecule has 0 atom stereocenters. The summed E-state index contributed by atoms with van der Waals surface area (Å²) in [6.45, 7) is 0. The van der Waals surface area contributed by atoms with E-state index in [-0.39, 0.29) is 11.5 Å². The molecule has 1 N–H and O–H groups in total. The minimum Gasteiger partial charge on any atom is -0.494 e. The molecular formula is C17H15N3O3. The molecule has 23 heavy (non-hydrogen) atoms. The number of carbonyl (C=O) groups is 1. The van der Waals surface area contributed by atoms with Gasteiger partial charge in [-0.25, -0.2) is 9.48 Å². The Balaban J connectivity index is 2.05. The molecule has 116 valence electrons. The maximum absolute atomic E-state index is 11.5. The molecule has 1 fully saturated rings. The fourth-order valence-electron chi connectivity index (χ4n) is 2.95. The van der Waals surface area contributed by atoms with Crippen LogP contribution in [-0.4, -0.2) is 33.0 Å². The largest absolute Gasteiger partial charge is 0.494 e.